The Bertz CT molecular complexity index is 993. The molecule has 0 fully saturated rings. The summed E-state index contributed by atoms with van der Waals surface area (Å²) in [5.74, 6) is -0.329. The van der Waals surface area contributed by atoms with Crippen LogP contribution < -0.4 is 10.5 Å². The van der Waals surface area contributed by atoms with E-state index in [0.29, 0.717) is 12.3 Å². The second kappa shape index (κ2) is 8.61. The van der Waals surface area contributed by atoms with Gasteiger partial charge < -0.3 is 19.8 Å². The molecule has 0 unspecified atom stereocenters. The Balaban J connectivity index is 2.16. The normalized spacial score (nSPS) is 10.8. The number of fused-ring (bicyclic) bond motifs is 1. The summed E-state index contributed by atoms with van der Waals surface area (Å²) in [5, 5.41) is 0.818. The van der Waals surface area contributed by atoms with Gasteiger partial charge in [0.05, 0.1) is 19.0 Å². The molecule has 0 aliphatic carbocycles. The van der Waals surface area contributed by atoms with E-state index in [9.17, 15) is 9.59 Å². The van der Waals surface area contributed by atoms with E-state index in [4.69, 9.17) is 10.5 Å². The van der Waals surface area contributed by atoms with Crippen LogP contribution >= 0.6 is 0 Å². The fourth-order valence-corrected chi connectivity index (χ4v) is 3.53. The fraction of sp³-hybridized carbons (Fsp3) is 0.273. The van der Waals surface area contributed by atoms with Crippen LogP contribution in [0, 0.1) is 0 Å². The van der Waals surface area contributed by atoms with Crippen molar-refractivity contribution >= 4 is 22.8 Å². The van der Waals surface area contributed by atoms with Gasteiger partial charge in [-0.1, -0.05) is 43.3 Å². The number of hydrogen-bond donors (Lipinski definition) is 1. The molecule has 1 heterocycles. The van der Waals surface area contributed by atoms with Gasteiger partial charge in [0, 0.05) is 17.6 Å². The van der Waals surface area contributed by atoms with Gasteiger partial charge in [-0.15, -0.1) is 0 Å². The topological polar surface area (TPSA) is 83.6 Å². The highest BCUT2D eigenvalue weighted by atomic mass is 16.6. The highest BCUT2D eigenvalue weighted by Crippen LogP contribution is 2.35. The zero-order chi connectivity index (χ0) is 20.1. The molecule has 0 aliphatic heterocycles. The van der Waals surface area contributed by atoms with Gasteiger partial charge in [0.2, 0.25) is 5.91 Å². The fourth-order valence-electron chi connectivity index (χ4n) is 3.53. The number of rotatable bonds is 8. The highest BCUT2D eigenvalue weighted by Gasteiger charge is 2.21. The maximum Gasteiger partial charge on any atom is 0.343 e. The summed E-state index contributed by atoms with van der Waals surface area (Å²) in [7, 11) is 1.32. The van der Waals surface area contributed by atoms with Crippen molar-refractivity contribution in [3.8, 4) is 5.75 Å². The molecule has 0 saturated carbocycles. The SMILES string of the molecule is CCc1c(CC(N)=O)c2c(OCC(=O)OC)cccc2n1Cc1ccccc1. The first-order valence-electron chi connectivity index (χ1n) is 9.20. The minimum atomic E-state index is -0.465. The molecule has 3 rings (SSSR count). The molecule has 0 spiro atoms. The zero-order valence-electron chi connectivity index (χ0n) is 16.1. The quantitative estimate of drug-likeness (QED) is 0.609. The van der Waals surface area contributed by atoms with Gasteiger partial charge in [0.25, 0.3) is 0 Å². The van der Waals surface area contributed by atoms with Crippen LogP contribution in [-0.2, 0) is 33.7 Å². The number of methoxy groups -OCH3 is 1. The van der Waals surface area contributed by atoms with Gasteiger partial charge in [0.15, 0.2) is 6.61 Å². The molecule has 6 heteroatoms. The summed E-state index contributed by atoms with van der Waals surface area (Å²) in [6.07, 6.45) is 0.848. The molecule has 3 aromatic rings. The third-order valence-corrected chi connectivity index (χ3v) is 4.71. The maximum absolute atomic E-state index is 11.8. The van der Waals surface area contributed by atoms with Crippen LogP contribution in [0.25, 0.3) is 10.9 Å². The summed E-state index contributed by atoms with van der Waals surface area (Å²) in [6, 6.07) is 15.8. The molecule has 2 aromatic carbocycles. The van der Waals surface area contributed by atoms with E-state index >= 15 is 0 Å². The number of amides is 1. The molecule has 0 atom stereocenters. The number of ether oxygens (including phenoxy) is 2. The van der Waals surface area contributed by atoms with Crippen molar-refractivity contribution in [1.82, 2.24) is 4.57 Å². The standard InChI is InChI=1S/C22H24N2O4/c1-3-17-16(12-20(23)25)22-18(24(17)13-15-8-5-4-6-9-15)10-7-11-19(22)28-14-21(26)27-2/h4-11H,3,12-14H2,1-2H3,(H2,23,25). The number of benzene rings is 2. The summed E-state index contributed by atoms with van der Waals surface area (Å²) in [6.45, 7) is 2.52. The van der Waals surface area contributed by atoms with Crippen LogP contribution in [0.15, 0.2) is 48.5 Å². The van der Waals surface area contributed by atoms with Crippen molar-refractivity contribution in [3.05, 3.63) is 65.4 Å². The number of carbonyl (C=O) groups excluding carboxylic acids is 2. The van der Waals surface area contributed by atoms with Crippen LogP contribution in [0.1, 0.15) is 23.7 Å². The number of hydrogen-bond acceptors (Lipinski definition) is 4. The Labute approximate surface area is 163 Å². The molecule has 0 saturated heterocycles. The molecular formula is C22H24N2O4. The van der Waals surface area contributed by atoms with Crippen LogP contribution in [-0.4, -0.2) is 30.2 Å². The van der Waals surface area contributed by atoms with Crippen LogP contribution in [0.3, 0.4) is 0 Å². The monoisotopic (exact) mass is 380 g/mol. The number of nitrogens with zero attached hydrogens (tertiary/aromatic N) is 1. The Morgan fingerprint density at radius 1 is 1.07 bits per heavy atom. The van der Waals surface area contributed by atoms with Gasteiger partial charge in [0.1, 0.15) is 5.75 Å². The molecule has 0 bridgehead atoms. The minimum absolute atomic E-state index is 0.111. The van der Waals surface area contributed by atoms with Crippen molar-refractivity contribution < 1.29 is 19.1 Å². The molecule has 6 nitrogen and oxygen atoms in total. The van der Waals surface area contributed by atoms with E-state index in [1.807, 2.05) is 30.3 Å². The lowest BCUT2D eigenvalue weighted by Gasteiger charge is -2.11. The lowest BCUT2D eigenvalue weighted by Crippen LogP contribution is -2.15. The first kappa shape index (κ1) is 19.5. The molecule has 0 aliphatic rings. The molecule has 146 valence electrons. The van der Waals surface area contributed by atoms with E-state index in [2.05, 4.69) is 28.4 Å². The first-order chi connectivity index (χ1) is 13.5. The van der Waals surface area contributed by atoms with E-state index in [0.717, 1.165) is 34.1 Å². The Hall–Kier alpha value is -3.28. The Kier molecular flexibility index (Phi) is 5.99. The van der Waals surface area contributed by atoms with Crippen LogP contribution in [0.2, 0.25) is 0 Å². The largest absolute Gasteiger partial charge is 0.481 e. The summed E-state index contributed by atoms with van der Waals surface area (Å²) in [4.78, 5) is 23.3. The minimum Gasteiger partial charge on any atom is -0.481 e. The zero-order valence-corrected chi connectivity index (χ0v) is 16.1. The summed E-state index contributed by atoms with van der Waals surface area (Å²) >= 11 is 0. The molecular weight excluding hydrogens is 356 g/mol. The van der Waals surface area contributed by atoms with Gasteiger partial charge >= 0.3 is 5.97 Å². The number of nitrogens with two attached hydrogens (primary N) is 1. The number of carbonyl (C=O) groups is 2. The second-order valence-electron chi connectivity index (χ2n) is 6.51. The molecule has 2 N–H and O–H groups in total. The summed E-state index contributed by atoms with van der Waals surface area (Å²) in [5.41, 5.74) is 9.51. The average molecular weight is 380 g/mol. The number of aromatic nitrogens is 1. The second-order valence-corrected chi connectivity index (χ2v) is 6.51. The van der Waals surface area contributed by atoms with E-state index < -0.39 is 11.9 Å². The van der Waals surface area contributed by atoms with E-state index in [1.54, 1.807) is 6.07 Å². The van der Waals surface area contributed by atoms with Gasteiger partial charge in [-0.2, -0.15) is 0 Å². The van der Waals surface area contributed by atoms with Crippen molar-refractivity contribution in [2.45, 2.75) is 26.3 Å². The number of esters is 1. The Morgan fingerprint density at radius 3 is 2.46 bits per heavy atom. The van der Waals surface area contributed by atoms with Gasteiger partial charge in [-0.3, -0.25) is 4.79 Å². The van der Waals surface area contributed by atoms with Crippen LogP contribution in [0.4, 0.5) is 0 Å². The third kappa shape index (κ3) is 4.01. The predicted molar refractivity (Wildman–Crippen MR) is 107 cm³/mol. The van der Waals surface area contributed by atoms with E-state index in [1.165, 1.54) is 7.11 Å². The third-order valence-electron chi connectivity index (χ3n) is 4.71. The van der Waals surface area contributed by atoms with Crippen molar-refractivity contribution in [2.75, 3.05) is 13.7 Å². The van der Waals surface area contributed by atoms with E-state index in [-0.39, 0.29) is 13.0 Å². The maximum atomic E-state index is 11.8. The lowest BCUT2D eigenvalue weighted by atomic mass is 10.0. The highest BCUT2D eigenvalue weighted by molar-refractivity contribution is 5.95. The van der Waals surface area contributed by atoms with Gasteiger partial charge in [-0.25, -0.2) is 4.79 Å². The van der Waals surface area contributed by atoms with Crippen molar-refractivity contribution in [2.24, 2.45) is 5.73 Å². The van der Waals surface area contributed by atoms with Gasteiger partial charge in [-0.05, 0) is 29.7 Å². The molecule has 28 heavy (non-hydrogen) atoms. The lowest BCUT2D eigenvalue weighted by molar-refractivity contribution is -0.142. The first-order valence-corrected chi connectivity index (χ1v) is 9.20. The Morgan fingerprint density at radius 2 is 1.82 bits per heavy atom. The van der Waals surface area contributed by atoms with Crippen molar-refractivity contribution in [3.63, 3.8) is 0 Å². The predicted octanol–water partition coefficient (Wildman–Crippen LogP) is 2.83. The molecule has 0 radical (unpaired) electrons. The van der Waals surface area contributed by atoms with Crippen LogP contribution in [0.5, 0.6) is 5.75 Å². The molecule has 1 amide bonds. The molecule has 1 aromatic heterocycles. The summed E-state index contributed by atoms with van der Waals surface area (Å²) < 4.78 is 12.6. The smallest absolute Gasteiger partial charge is 0.343 e. The number of primary amides is 1. The average Bonchev–Trinajstić information content (AvgIpc) is 2.99. The van der Waals surface area contributed by atoms with Crippen molar-refractivity contribution in [1.29, 1.82) is 0 Å².